The van der Waals surface area contributed by atoms with E-state index in [0.29, 0.717) is 18.4 Å². The molecule has 0 saturated heterocycles. The number of carboxylic acid groups (broad SMARTS) is 2. The maximum atomic E-state index is 14.3. The first-order valence-corrected chi connectivity index (χ1v) is 25.8. The van der Waals surface area contributed by atoms with Crippen molar-refractivity contribution in [2.24, 2.45) is 23.3 Å². The Bertz CT molecular complexity index is 2320. The van der Waals surface area contributed by atoms with E-state index in [-0.39, 0.29) is 56.3 Å². The van der Waals surface area contributed by atoms with Crippen LogP contribution in [-0.2, 0) is 67.3 Å². The zero-order valence-corrected chi connectivity index (χ0v) is 45.0. The number of carbonyl (C=O) groups is 10. The number of benzene rings is 1. The van der Waals surface area contributed by atoms with E-state index in [9.17, 15) is 83.7 Å². The quantitative estimate of drug-likeness (QED) is 0.0281. The van der Waals surface area contributed by atoms with E-state index in [1.807, 2.05) is 0 Å². The Morgan fingerprint density at radius 2 is 1.14 bits per heavy atom. The molecule has 0 spiro atoms. The Labute approximate surface area is 456 Å². The zero-order chi connectivity index (χ0) is 59.5. The van der Waals surface area contributed by atoms with Gasteiger partial charge in [0.2, 0.25) is 47.3 Å². The third-order valence-corrected chi connectivity index (χ3v) is 12.0. The highest BCUT2D eigenvalue weighted by atomic mass is 16.4. The smallest absolute Gasteiger partial charge is 0.326 e. The second-order valence-corrected chi connectivity index (χ2v) is 19.9. The van der Waals surface area contributed by atoms with Crippen LogP contribution in [0.4, 0.5) is 0 Å². The van der Waals surface area contributed by atoms with Gasteiger partial charge >= 0.3 is 11.9 Å². The van der Waals surface area contributed by atoms with Crippen LogP contribution in [0.2, 0.25) is 0 Å². The third kappa shape index (κ3) is 25.0. The van der Waals surface area contributed by atoms with Gasteiger partial charge in [-0.1, -0.05) is 58.0 Å². The fraction of sp³-hybridized carbons (Fsp3) is 0.620. The van der Waals surface area contributed by atoms with Gasteiger partial charge in [-0.15, -0.1) is 0 Å². The average molecular weight is 1120 g/mol. The molecule has 29 nitrogen and oxygen atoms in total. The number of amides is 8. The Hall–Kier alpha value is -7.15. The molecule has 0 aliphatic rings. The lowest BCUT2D eigenvalue weighted by atomic mass is 10.00. The van der Waals surface area contributed by atoms with Crippen molar-refractivity contribution >= 4 is 59.2 Å². The van der Waals surface area contributed by atoms with Gasteiger partial charge in [-0.2, -0.15) is 0 Å². The monoisotopic (exact) mass is 1120 g/mol. The van der Waals surface area contributed by atoms with Crippen LogP contribution >= 0.6 is 0 Å². The average Bonchev–Trinajstić information content (AvgIpc) is 3.84. The first-order chi connectivity index (χ1) is 37.2. The molecule has 0 fully saturated rings. The highest BCUT2D eigenvalue weighted by Gasteiger charge is 2.36. The summed E-state index contributed by atoms with van der Waals surface area (Å²) in [6.45, 7) is 5.76. The van der Waals surface area contributed by atoms with Crippen LogP contribution < -0.4 is 54.0 Å². The fourth-order valence-electron chi connectivity index (χ4n) is 7.72. The predicted octanol–water partition coefficient (Wildman–Crippen LogP) is -5.63. The summed E-state index contributed by atoms with van der Waals surface area (Å²) in [5, 5.41) is 88.1. The van der Waals surface area contributed by atoms with Crippen LogP contribution in [0.25, 0.3) is 0 Å². The van der Waals surface area contributed by atoms with Gasteiger partial charge in [-0.05, 0) is 63.0 Å². The minimum atomic E-state index is -1.82. The molecule has 442 valence electrons. The molecular weight excluding hydrogens is 1040 g/mol. The number of rotatable bonds is 37. The number of carbonyl (C=O) groups excluding carboxylic acids is 8. The number of aliphatic hydroxyl groups excluding tert-OH is 5. The van der Waals surface area contributed by atoms with Crippen LogP contribution in [0.15, 0.2) is 42.9 Å². The molecule has 2 unspecified atom stereocenters. The summed E-state index contributed by atoms with van der Waals surface area (Å²) in [5.41, 5.74) is 11.8. The topological polar surface area (TPSA) is 478 Å². The van der Waals surface area contributed by atoms with E-state index in [4.69, 9.17) is 11.5 Å². The van der Waals surface area contributed by atoms with Crippen LogP contribution in [0, 0.1) is 11.8 Å². The molecule has 0 radical (unpaired) electrons. The second kappa shape index (κ2) is 34.7. The fourth-order valence-corrected chi connectivity index (χ4v) is 7.72. The van der Waals surface area contributed by atoms with Crippen LogP contribution in [0.5, 0.6) is 0 Å². The van der Waals surface area contributed by atoms with Crippen LogP contribution in [-0.4, -0.2) is 197 Å². The molecule has 2 aromatic rings. The van der Waals surface area contributed by atoms with Gasteiger partial charge in [0, 0.05) is 19.0 Å². The number of imidazole rings is 1. The molecule has 0 bridgehead atoms. The molecule has 1 aromatic carbocycles. The standard InChI is InChI=1S/C50H80N12O17/c1-26(2)15-33(57-43(71)31(52)23-63)45(73)59-36(18-30-21-62(25-54-30)22-38(66)39(67)24-64)48(76)61-42(28(5)65)49(77)60-34(16-27(3)4)46(74)58-35(17-29-11-7-6-8-12-29)44(72)53-20-40(68)55-37(19-41(69)70)47(75)56-32(50(78)79)13-9-10-14-51/h6-8,11-12,21,25-28,31-39,42,63-67H,9-10,13-20,22-24,51-52H2,1-5H3,(H,53,72)(H,55,68)(H,56,75)(H,57,71)(H,58,74)(H,59,73)(H,60,77)(H,61,76)(H,69,70)(H,78,79)/t28-,31+,32+,33+,34+,35+,36+,37+,38?,39?,42+/m1/s1. The maximum absolute atomic E-state index is 14.3. The zero-order valence-electron chi connectivity index (χ0n) is 45.0. The second-order valence-electron chi connectivity index (χ2n) is 19.9. The lowest BCUT2D eigenvalue weighted by Crippen LogP contribution is -2.62. The van der Waals surface area contributed by atoms with Gasteiger partial charge in [0.1, 0.15) is 54.4 Å². The Balaban J connectivity index is 2.43. The van der Waals surface area contributed by atoms with Crippen molar-refractivity contribution in [2.45, 2.75) is 159 Å². The predicted molar refractivity (Wildman–Crippen MR) is 280 cm³/mol. The minimum absolute atomic E-state index is 0.0314. The first-order valence-electron chi connectivity index (χ1n) is 25.8. The number of carboxylic acids is 2. The van der Waals surface area contributed by atoms with Crippen molar-refractivity contribution in [3.05, 3.63) is 54.1 Å². The van der Waals surface area contributed by atoms with Crippen LogP contribution in [0.1, 0.15) is 84.4 Å². The Morgan fingerprint density at radius 3 is 1.66 bits per heavy atom. The van der Waals surface area contributed by atoms with Gasteiger partial charge in [0.05, 0.1) is 57.0 Å². The number of hydrogen-bond acceptors (Lipinski definition) is 18. The summed E-state index contributed by atoms with van der Waals surface area (Å²) in [6.07, 6.45) is -2.80. The number of nitrogens with one attached hydrogen (secondary N) is 8. The number of hydrogen-bond donors (Lipinski definition) is 17. The molecule has 11 atom stereocenters. The lowest BCUT2D eigenvalue weighted by Gasteiger charge is -2.29. The Kier molecular flexibility index (Phi) is 29.8. The molecule has 29 heteroatoms. The maximum Gasteiger partial charge on any atom is 0.326 e. The van der Waals surface area contributed by atoms with Gasteiger partial charge in [0.15, 0.2) is 0 Å². The van der Waals surface area contributed by atoms with Crippen molar-refractivity contribution in [2.75, 3.05) is 26.3 Å². The number of aliphatic carboxylic acids is 2. The summed E-state index contributed by atoms with van der Waals surface area (Å²) in [5.74, 6) is -11.4. The molecular formula is C50H80N12O17. The normalized spacial score (nSPS) is 15.5. The summed E-state index contributed by atoms with van der Waals surface area (Å²) in [6, 6.07) is -3.92. The molecule has 1 heterocycles. The molecule has 0 aliphatic heterocycles. The summed E-state index contributed by atoms with van der Waals surface area (Å²) >= 11 is 0. The van der Waals surface area contributed by atoms with Gasteiger partial charge < -0.3 is 94.3 Å². The van der Waals surface area contributed by atoms with E-state index in [2.05, 4.69) is 47.5 Å². The number of nitrogens with two attached hydrogens (primary N) is 2. The number of aromatic nitrogens is 2. The van der Waals surface area contributed by atoms with Gasteiger partial charge in [0.25, 0.3) is 0 Å². The van der Waals surface area contributed by atoms with Crippen molar-refractivity contribution in [3.8, 4) is 0 Å². The largest absolute Gasteiger partial charge is 0.481 e. The van der Waals surface area contributed by atoms with E-state index < -0.39 is 158 Å². The third-order valence-electron chi connectivity index (χ3n) is 12.0. The molecule has 0 saturated carbocycles. The Morgan fingerprint density at radius 1 is 0.608 bits per heavy atom. The van der Waals surface area contributed by atoms with Crippen molar-refractivity contribution in [1.29, 1.82) is 0 Å². The van der Waals surface area contributed by atoms with Crippen molar-refractivity contribution in [1.82, 2.24) is 52.1 Å². The summed E-state index contributed by atoms with van der Waals surface area (Å²) < 4.78 is 1.33. The molecule has 1 aromatic heterocycles. The first kappa shape index (κ1) is 68.0. The molecule has 79 heavy (non-hydrogen) atoms. The highest BCUT2D eigenvalue weighted by molar-refractivity contribution is 5.98. The highest BCUT2D eigenvalue weighted by Crippen LogP contribution is 2.13. The van der Waals surface area contributed by atoms with Crippen molar-refractivity contribution in [3.63, 3.8) is 0 Å². The number of nitrogens with zero attached hydrogens (tertiary/aromatic N) is 2. The lowest BCUT2D eigenvalue weighted by molar-refractivity contribution is -0.143. The minimum Gasteiger partial charge on any atom is -0.481 e. The van der Waals surface area contributed by atoms with E-state index in [1.165, 1.54) is 17.1 Å². The van der Waals surface area contributed by atoms with Crippen molar-refractivity contribution < 1.29 is 83.7 Å². The SMILES string of the molecule is CC(C)C[C@H](NC(=O)[C@@H](NC(=O)[C@H](Cc1cn(CC(O)C(O)CO)cn1)NC(=O)[C@H](CC(C)C)NC(=O)[C@@H](N)CO)[C@@H](C)O)C(=O)N[C@@H](Cc1ccccc1)C(=O)NCC(=O)N[C@@H](CC(=O)O)C(=O)N[C@@H](CCCCN)C(=O)O. The molecule has 2 rings (SSSR count). The molecule has 0 aliphatic carbocycles. The summed E-state index contributed by atoms with van der Waals surface area (Å²) in [4.78, 5) is 137. The molecule has 19 N–H and O–H groups in total. The molecule has 8 amide bonds. The van der Waals surface area contributed by atoms with Gasteiger partial charge in [-0.3, -0.25) is 43.2 Å². The number of unbranched alkanes of at least 4 members (excludes halogenated alkanes) is 1. The summed E-state index contributed by atoms with van der Waals surface area (Å²) in [7, 11) is 0. The number of aliphatic hydroxyl groups is 5. The van der Waals surface area contributed by atoms with E-state index in [1.54, 1.807) is 58.0 Å². The van der Waals surface area contributed by atoms with E-state index in [0.717, 1.165) is 6.92 Å². The van der Waals surface area contributed by atoms with E-state index >= 15 is 0 Å². The van der Waals surface area contributed by atoms with Crippen LogP contribution in [0.3, 0.4) is 0 Å². The van der Waals surface area contributed by atoms with Gasteiger partial charge in [-0.25, -0.2) is 9.78 Å².